The number of piperazine rings is 1. The van der Waals surface area contributed by atoms with Gasteiger partial charge in [-0.1, -0.05) is 42.5 Å². The summed E-state index contributed by atoms with van der Waals surface area (Å²) >= 11 is 0. The molecule has 0 saturated carbocycles. The highest BCUT2D eigenvalue weighted by atomic mass is 32.2. The van der Waals surface area contributed by atoms with Crippen molar-refractivity contribution in [3.05, 3.63) is 48.0 Å². The van der Waals surface area contributed by atoms with Crippen LogP contribution in [0.1, 0.15) is 5.56 Å². The highest BCUT2D eigenvalue weighted by molar-refractivity contribution is 7.90. The van der Waals surface area contributed by atoms with Gasteiger partial charge in [0.15, 0.2) is 0 Å². The van der Waals surface area contributed by atoms with Crippen LogP contribution in [0.4, 0.5) is 0 Å². The third-order valence-electron chi connectivity index (χ3n) is 5.17. The number of nitrogens with one attached hydrogen (secondary N) is 1. The number of carbonyl (C=O) groups is 2. The van der Waals surface area contributed by atoms with E-state index in [0.29, 0.717) is 32.7 Å². The second-order valence-corrected chi connectivity index (χ2v) is 9.70. The van der Waals surface area contributed by atoms with Crippen molar-refractivity contribution < 1.29 is 18.0 Å². The summed E-state index contributed by atoms with van der Waals surface area (Å²) in [5, 5.41) is 4.86. The van der Waals surface area contributed by atoms with Crippen LogP contribution in [-0.2, 0) is 25.8 Å². The number of hydrogen-bond acceptors (Lipinski definition) is 5. The molecule has 0 spiro atoms. The summed E-state index contributed by atoms with van der Waals surface area (Å²) in [6, 6.07) is 13.8. The molecule has 0 radical (unpaired) electrons. The Bertz CT molecular complexity index is 977. The molecule has 0 bridgehead atoms. The predicted octanol–water partition coefficient (Wildman–Crippen LogP) is 0.687. The Morgan fingerprint density at radius 3 is 2.41 bits per heavy atom. The Morgan fingerprint density at radius 2 is 1.69 bits per heavy atom. The van der Waals surface area contributed by atoms with Crippen molar-refractivity contribution in [1.29, 1.82) is 0 Å². The zero-order valence-corrected chi connectivity index (χ0v) is 17.5. The summed E-state index contributed by atoms with van der Waals surface area (Å²) in [7, 11) is -2.98. The van der Waals surface area contributed by atoms with Crippen molar-refractivity contribution in [1.82, 2.24) is 15.1 Å². The van der Waals surface area contributed by atoms with Gasteiger partial charge in [-0.25, -0.2) is 8.42 Å². The van der Waals surface area contributed by atoms with Gasteiger partial charge in [-0.15, -0.1) is 0 Å². The van der Waals surface area contributed by atoms with Crippen molar-refractivity contribution in [3.8, 4) is 0 Å². The van der Waals surface area contributed by atoms with Gasteiger partial charge >= 0.3 is 0 Å². The number of sulfone groups is 1. The molecular formula is C21H27N3O4S. The molecule has 1 heterocycles. The van der Waals surface area contributed by atoms with Crippen LogP contribution in [0.3, 0.4) is 0 Å². The van der Waals surface area contributed by atoms with Crippen molar-refractivity contribution in [2.45, 2.75) is 6.42 Å². The predicted molar refractivity (Wildman–Crippen MR) is 113 cm³/mol. The topological polar surface area (TPSA) is 86.8 Å². The molecule has 3 rings (SSSR count). The number of fused-ring (bicyclic) bond motifs is 1. The quantitative estimate of drug-likeness (QED) is 0.716. The van der Waals surface area contributed by atoms with Crippen LogP contribution in [0, 0.1) is 0 Å². The molecule has 1 aliphatic rings. The van der Waals surface area contributed by atoms with Gasteiger partial charge in [0, 0.05) is 39.0 Å². The Labute approximate surface area is 171 Å². The molecule has 7 nitrogen and oxygen atoms in total. The molecule has 156 valence electrons. The number of rotatable bonds is 7. The van der Waals surface area contributed by atoms with Crippen molar-refractivity contribution in [2.24, 2.45) is 0 Å². The van der Waals surface area contributed by atoms with E-state index < -0.39 is 9.84 Å². The van der Waals surface area contributed by atoms with Crippen molar-refractivity contribution >= 4 is 32.4 Å². The van der Waals surface area contributed by atoms with Crippen LogP contribution in [0.5, 0.6) is 0 Å². The molecule has 1 aliphatic heterocycles. The minimum absolute atomic E-state index is 0.0209. The van der Waals surface area contributed by atoms with Gasteiger partial charge in [0.25, 0.3) is 0 Å². The lowest BCUT2D eigenvalue weighted by Crippen LogP contribution is -2.51. The van der Waals surface area contributed by atoms with Crippen LogP contribution in [0.2, 0.25) is 0 Å². The van der Waals surface area contributed by atoms with E-state index in [1.165, 1.54) is 6.26 Å². The lowest BCUT2D eigenvalue weighted by Gasteiger charge is -2.34. The Balaban J connectivity index is 1.44. The SMILES string of the molecule is CS(=O)(=O)CCN1CCN(C(=O)CNC(=O)Cc2cccc3ccccc23)CC1. The van der Waals surface area contributed by atoms with Gasteiger partial charge in [-0.2, -0.15) is 0 Å². The van der Waals surface area contributed by atoms with Gasteiger partial charge in [-0.05, 0) is 16.3 Å². The minimum atomic E-state index is -2.98. The molecule has 2 aromatic carbocycles. The average molecular weight is 418 g/mol. The molecule has 0 atom stereocenters. The fourth-order valence-electron chi connectivity index (χ4n) is 3.48. The Morgan fingerprint density at radius 1 is 1.00 bits per heavy atom. The van der Waals surface area contributed by atoms with E-state index in [2.05, 4.69) is 5.32 Å². The fourth-order valence-corrected chi connectivity index (χ4v) is 4.07. The number of hydrogen-bond donors (Lipinski definition) is 1. The lowest BCUT2D eigenvalue weighted by atomic mass is 10.0. The highest BCUT2D eigenvalue weighted by Crippen LogP contribution is 2.18. The number of benzene rings is 2. The second kappa shape index (κ2) is 9.37. The molecule has 2 amide bonds. The fraction of sp³-hybridized carbons (Fsp3) is 0.429. The molecular weight excluding hydrogens is 390 g/mol. The molecule has 29 heavy (non-hydrogen) atoms. The minimum Gasteiger partial charge on any atom is -0.347 e. The molecule has 2 aromatic rings. The summed E-state index contributed by atoms with van der Waals surface area (Å²) in [5.74, 6) is -0.161. The molecule has 1 saturated heterocycles. The van der Waals surface area contributed by atoms with Gasteiger partial charge in [0.1, 0.15) is 9.84 Å². The van der Waals surface area contributed by atoms with Crippen molar-refractivity contribution in [2.75, 3.05) is 51.3 Å². The Hall–Kier alpha value is -2.45. The molecule has 0 aromatic heterocycles. The van der Waals surface area contributed by atoms with Gasteiger partial charge < -0.3 is 10.2 Å². The normalized spacial score (nSPS) is 15.4. The van der Waals surface area contributed by atoms with Crippen molar-refractivity contribution in [3.63, 3.8) is 0 Å². The molecule has 0 aliphatic carbocycles. The zero-order chi connectivity index (χ0) is 20.9. The van der Waals surface area contributed by atoms with Crippen LogP contribution in [0.25, 0.3) is 10.8 Å². The van der Waals surface area contributed by atoms with Crippen LogP contribution < -0.4 is 5.32 Å². The number of carbonyl (C=O) groups excluding carboxylic acids is 2. The molecule has 1 N–H and O–H groups in total. The van der Waals surface area contributed by atoms with Gasteiger partial charge in [0.05, 0.1) is 18.7 Å². The first-order valence-electron chi connectivity index (χ1n) is 9.73. The summed E-state index contributed by atoms with van der Waals surface area (Å²) in [6.45, 7) is 2.84. The van der Waals surface area contributed by atoms with Crippen LogP contribution >= 0.6 is 0 Å². The first-order chi connectivity index (χ1) is 13.8. The van der Waals surface area contributed by atoms with E-state index in [9.17, 15) is 18.0 Å². The monoisotopic (exact) mass is 417 g/mol. The largest absolute Gasteiger partial charge is 0.347 e. The van der Waals surface area contributed by atoms with E-state index in [1.54, 1.807) is 4.90 Å². The van der Waals surface area contributed by atoms with E-state index >= 15 is 0 Å². The molecule has 0 unspecified atom stereocenters. The number of nitrogens with zero attached hydrogens (tertiary/aromatic N) is 2. The maximum Gasteiger partial charge on any atom is 0.242 e. The smallest absolute Gasteiger partial charge is 0.242 e. The van der Waals surface area contributed by atoms with E-state index in [-0.39, 0.29) is 30.5 Å². The summed E-state index contributed by atoms with van der Waals surface area (Å²) in [4.78, 5) is 28.5. The lowest BCUT2D eigenvalue weighted by molar-refractivity contribution is -0.134. The molecule has 8 heteroatoms. The first-order valence-corrected chi connectivity index (χ1v) is 11.8. The zero-order valence-electron chi connectivity index (χ0n) is 16.6. The Kier molecular flexibility index (Phi) is 6.87. The first kappa shape index (κ1) is 21.3. The third-order valence-corrected chi connectivity index (χ3v) is 6.10. The number of amides is 2. The van der Waals surface area contributed by atoms with E-state index in [1.807, 2.05) is 47.4 Å². The van der Waals surface area contributed by atoms with Gasteiger partial charge in [-0.3, -0.25) is 14.5 Å². The van der Waals surface area contributed by atoms with Crippen LogP contribution in [-0.4, -0.2) is 81.3 Å². The van der Waals surface area contributed by atoms with Gasteiger partial charge in [0.2, 0.25) is 11.8 Å². The maximum atomic E-state index is 12.4. The summed E-state index contributed by atoms with van der Waals surface area (Å²) in [6.07, 6.45) is 1.46. The summed E-state index contributed by atoms with van der Waals surface area (Å²) < 4.78 is 22.5. The van der Waals surface area contributed by atoms with E-state index in [0.717, 1.165) is 16.3 Å². The average Bonchev–Trinajstić information content (AvgIpc) is 2.70. The maximum absolute atomic E-state index is 12.4. The second-order valence-electron chi connectivity index (χ2n) is 7.44. The molecule has 1 fully saturated rings. The van der Waals surface area contributed by atoms with Crippen LogP contribution in [0.15, 0.2) is 42.5 Å². The highest BCUT2D eigenvalue weighted by Gasteiger charge is 2.22. The standard InChI is InChI=1S/C21H27N3O4S/c1-29(27,28)14-13-23-9-11-24(12-10-23)21(26)16-22-20(25)15-18-7-4-6-17-5-2-3-8-19(17)18/h2-8H,9-16H2,1H3,(H,22,25). The summed E-state index contributed by atoms with van der Waals surface area (Å²) in [5.41, 5.74) is 0.938. The third kappa shape index (κ3) is 6.27. The van der Waals surface area contributed by atoms with E-state index in [4.69, 9.17) is 0 Å².